The van der Waals surface area contributed by atoms with Gasteiger partial charge >= 0.3 is 6.18 Å². The molecule has 1 heterocycles. The number of pyridine rings is 1. The number of halogens is 3. The zero-order valence-corrected chi connectivity index (χ0v) is 15.3. The molecule has 8 heteroatoms. The summed E-state index contributed by atoms with van der Waals surface area (Å²) in [5, 5.41) is 4.12. The number of alkyl halides is 3. The molecular weight excluding hydrogens is 369 g/mol. The standard InChI is InChI=1S/C20H19F3N4O/c1-11(2)26-19(28)13-5-8-15-16(9-13)18(27-24)25-10-17(15)12-3-6-14(7-4-12)20(21,22)23/h3-11H,24H2,1-2H3,(H,25,27)(H,26,28). The smallest absolute Gasteiger partial charge is 0.350 e. The lowest BCUT2D eigenvalue weighted by atomic mass is 9.98. The van der Waals surface area contributed by atoms with Crippen molar-refractivity contribution in [3.05, 3.63) is 59.8 Å². The molecule has 0 aliphatic heterocycles. The Balaban J connectivity index is 2.11. The van der Waals surface area contributed by atoms with Crippen molar-refractivity contribution < 1.29 is 18.0 Å². The number of nitrogen functional groups attached to an aromatic ring is 1. The molecule has 2 aromatic carbocycles. The van der Waals surface area contributed by atoms with Crippen molar-refractivity contribution in [3.63, 3.8) is 0 Å². The second kappa shape index (κ2) is 7.47. The molecule has 0 aliphatic rings. The molecule has 3 aromatic rings. The van der Waals surface area contributed by atoms with Gasteiger partial charge in [0.15, 0.2) is 0 Å². The zero-order chi connectivity index (χ0) is 20.5. The number of rotatable bonds is 4. The van der Waals surface area contributed by atoms with Gasteiger partial charge in [-0.1, -0.05) is 18.2 Å². The summed E-state index contributed by atoms with van der Waals surface area (Å²) in [4.78, 5) is 16.5. The number of nitrogens with zero attached hydrogens (tertiary/aromatic N) is 1. The maximum atomic E-state index is 12.8. The van der Waals surface area contributed by atoms with Crippen LogP contribution in [-0.4, -0.2) is 16.9 Å². The van der Waals surface area contributed by atoms with Gasteiger partial charge in [0.2, 0.25) is 0 Å². The van der Waals surface area contributed by atoms with Gasteiger partial charge in [-0.25, -0.2) is 10.8 Å². The van der Waals surface area contributed by atoms with Crippen molar-refractivity contribution in [1.82, 2.24) is 10.3 Å². The van der Waals surface area contributed by atoms with E-state index < -0.39 is 11.7 Å². The molecule has 4 N–H and O–H groups in total. The lowest BCUT2D eigenvalue weighted by molar-refractivity contribution is -0.137. The number of nitrogens with one attached hydrogen (secondary N) is 2. The molecule has 5 nitrogen and oxygen atoms in total. The Bertz CT molecular complexity index is 1010. The minimum atomic E-state index is -4.40. The van der Waals surface area contributed by atoms with E-state index in [9.17, 15) is 18.0 Å². The highest BCUT2D eigenvalue weighted by atomic mass is 19.4. The van der Waals surface area contributed by atoms with Crippen molar-refractivity contribution in [2.75, 3.05) is 5.43 Å². The minimum Gasteiger partial charge on any atom is -0.350 e. The topological polar surface area (TPSA) is 80.0 Å². The molecule has 3 rings (SSSR count). The van der Waals surface area contributed by atoms with Crippen LogP contribution in [0.1, 0.15) is 29.8 Å². The highest BCUT2D eigenvalue weighted by Gasteiger charge is 2.30. The van der Waals surface area contributed by atoms with Crippen LogP contribution >= 0.6 is 0 Å². The third-order valence-corrected chi connectivity index (χ3v) is 4.23. The highest BCUT2D eigenvalue weighted by Crippen LogP contribution is 2.34. The maximum absolute atomic E-state index is 12.8. The molecule has 0 saturated heterocycles. The molecule has 0 bridgehead atoms. The Morgan fingerprint density at radius 1 is 1.07 bits per heavy atom. The Morgan fingerprint density at radius 3 is 2.32 bits per heavy atom. The van der Waals surface area contributed by atoms with Crippen LogP contribution in [0.3, 0.4) is 0 Å². The molecule has 0 saturated carbocycles. The molecular formula is C20H19F3N4O. The molecule has 1 aromatic heterocycles. The molecule has 28 heavy (non-hydrogen) atoms. The number of carbonyl (C=O) groups is 1. The fourth-order valence-electron chi connectivity index (χ4n) is 2.91. The lowest BCUT2D eigenvalue weighted by Crippen LogP contribution is -2.30. The molecule has 0 aliphatic carbocycles. The van der Waals surface area contributed by atoms with Crippen molar-refractivity contribution in [2.24, 2.45) is 5.84 Å². The van der Waals surface area contributed by atoms with Gasteiger partial charge in [-0.15, -0.1) is 0 Å². The maximum Gasteiger partial charge on any atom is 0.416 e. The van der Waals surface area contributed by atoms with Crippen molar-refractivity contribution >= 4 is 22.5 Å². The predicted octanol–water partition coefficient (Wildman–Crippen LogP) is 4.34. The Labute approximate surface area is 159 Å². The number of nitrogens with two attached hydrogens (primary N) is 1. The van der Waals surface area contributed by atoms with Crippen LogP contribution in [-0.2, 0) is 6.18 Å². The van der Waals surface area contributed by atoms with Crippen molar-refractivity contribution in [2.45, 2.75) is 26.1 Å². The van der Waals surface area contributed by atoms with Crippen LogP contribution in [0, 0.1) is 0 Å². The Kier molecular flexibility index (Phi) is 5.24. The largest absolute Gasteiger partial charge is 0.416 e. The molecule has 0 radical (unpaired) electrons. The fourth-order valence-corrected chi connectivity index (χ4v) is 2.91. The second-order valence-corrected chi connectivity index (χ2v) is 6.63. The van der Waals surface area contributed by atoms with Gasteiger partial charge in [0.1, 0.15) is 5.82 Å². The molecule has 0 unspecified atom stereocenters. The minimum absolute atomic E-state index is 0.0214. The summed E-state index contributed by atoms with van der Waals surface area (Å²) in [6.45, 7) is 3.71. The number of anilines is 1. The number of hydrogen-bond donors (Lipinski definition) is 3. The number of benzene rings is 2. The van der Waals surface area contributed by atoms with Gasteiger partial charge in [-0.05, 0) is 49.1 Å². The quantitative estimate of drug-likeness (QED) is 0.459. The lowest BCUT2D eigenvalue weighted by Gasteiger charge is -2.13. The van der Waals surface area contributed by atoms with E-state index in [2.05, 4.69) is 15.7 Å². The van der Waals surface area contributed by atoms with Gasteiger partial charge in [0.25, 0.3) is 5.91 Å². The number of hydrazine groups is 1. The monoisotopic (exact) mass is 388 g/mol. The summed E-state index contributed by atoms with van der Waals surface area (Å²) in [6, 6.07) is 9.88. The third kappa shape index (κ3) is 3.91. The molecule has 1 amide bonds. The van der Waals surface area contributed by atoms with Crippen LogP contribution in [0.5, 0.6) is 0 Å². The van der Waals surface area contributed by atoms with Crippen LogP contribution in [0.4, 0.5) is 19.0 Å². The number of carbonyl (C=O) groups excluding carboxylic acids is 1. The van der Waals surface area contributed by atoms with E-state index in [1.54, 1.807) is 18.2 Å². The van der Waals surface area contributed by atoms with Gasteiger partial charge in [-0.2, -0.15) is 13.2 Å². The third-order valence-electron chi connectivity index (χ3n) is 4.23. The molecule has 0 atom stereocenters. The van der Waals surface area contributed by atoms with Gasteiger partial charge in [0, 0.05) is 28.8 Å². The average Bonchev–Trinajstić information content (AvgIpc) is 2.65. The van der Waals surface area contributed by atoms with Crippen molar-refractivity contribution in [3.8, 4) is 11.1 Å². The van der Waals surface area contributed by atoms with E-state index >= 15 is 0 Å². The van der Waals surface area contributed by atoms with Crippen molar-refractivity contribution in [1.29, 1.82) is 0 Å². The van der Waals surface area contributed by atoms with Crippen LogP contribution < -0.4 is 16.6 Å². The normalized spacial score (nSPS) is 11.7. The van der Waals surface area contributed by atoms with Gasteiger partial charge in [0.05, 0.1) is 5.56 Å². The summed E-state index contributed by atoms with van der Waals surface area (Å²) in [6.07, 6.45) is -2.86. The number of hydrogen-bond acceptors (Lipinski definition) is 4. The number of aromatic nitrogens is 1. The summed E-state index contributed by atoms with van der Waals surface area (Å²) in [5.74, 6) is 5.67. The summed E-state index contributed by atoms with van der Waals surface area (Å²) in [7, 11) is 0. The number of amides is 1. The SMILES string of the molecule is CC(C)NC(=O)c1ccc2c(-c3ccc(C(F)(F)F)cc3)cnc(NN)c2c1. The van der Waals surface area contributed by atoms with Crippen LogP contribution in [0.25, 0.3) is 21.9 Å². The highest BCUT2D eigenvalue weighted by molar-refractivity contribution is 6.06. The van der Waals surface area contributed by atoms with E-state index in [4.69, 9.17) is 5.84 Å². The van der Waals surface area contributed by atoms with E-state index in [0.717, 1.165) is 12.1 Å². The summed E-state index contributed by atoms with van der Waals surface area (Å²) in [5.41, 5.74) is 3.42. The molecule has 0 spiro atoms. The van der Waals surface area contributed by atoms with Crippen LogP contribution in [0.2, 0.25) is 0 Å². The Morgan fingerprint density at radius 2 is 1.75 bits per heavy atom. The predicted molar refractivity (Wildman–Crippen MR) is 103 cm³/mol. The first-order valence-electron chi connectivity index (χ1n) is 8.58. The second-order valence-electron chi connectivity index (χ2n) is 6.63. The van der Waals surface area contributed by atoms with E-state index in [-0.39, 0.29) is 11.9 Å². The van der Waals surface area contributed by atoms with E-state index in [1.165, 1.54) is 18.3 Å². The summed E-state index contributed by atoms with van der Waals surface area (Å²) >= 11 is 0. The van der Waals surface area contributed by atoms with Gasteiger partial charge in [-0.3, -0.25) is 4.79 Å². The number of fused-ring (bicyclic) bond motifs is 1. The first-order valence-corrected chi connectivity index (χ1v) is 8.58. The molecule has 0 fully saturated rings. The van der Waals surface area contributed by atoms with E-state index in [0.29, 0.717) is 33.3 Å². The first kappa shape index (κ1) is 19.6. The van der Waals surface area contributed by atoms with E-state index in [1.807, 2.05) is 13.8 Å². The van der Waals surface area contributed by atoms with Gasteiger partial charge < -0.3 is 10.7 Å². The molecule has 146 valence electrons. The first-order chi connectivity index (χ1) is 13.2. The summed E-state index contributed by atoms with van der Waals surface area (Å²) < 4.78 is 38.4. The van der Waals surface area contributed by atoms with Crippen LogP contribution in [0.15, 0.2) is 48.7 Å². The average molecular weight is 388 g/mol. The zero-order valence-electron chi connectivity index (χ0n) is 15.3. The fraction of sp³-hybridized carbons (Fsp3) is 0.200. The Hall–Kier alpha value is -3.13.